The van der Waals surface area contributed by atoms with Crippen molar-refractivity contribution in [2.75, 3.05) is 41.9 Å². The third kappa shape index (κ3) is 6.12. The average molecular weight is 464 g/mol. The molecule has 0 spiro atoms. The normalized spacial score (nSPS) is 13.1. The number of anilines is 3. The standard InChI is InChI=1S/C22H23ClFN3O5/c1-13(2)9-27(15-10-31-11-15)20-6-4-16(32-12-21(28)29)8-19(20)26-22(30)25-18-5-3-14(23)7-17(18)24/h3-8,15H,1,9-12H2,2H3,(H,28,29)(H2,25,26,30). The van der Waals surface area contributed by atoms with Crippen molar-refractivity contribution in [1.29, 1.82) is 0 Å². The summed E-state index contributed by atoms with van der Waals surface area (Å²) in [5, 5.41) is 14.2. The number of hydrogen-bond acceptors (Lipinski definition) is 5. The number of carboxylic acid groups (broad SMARTS) is 1. The van der Waals surface area contributed by atoms with Crippen molar-refractivity contribution >= 4 is 40.7 Å². The zero-order valence-electron chi connectivity index (χ0n) is 17.4. The van der Waals surface area contributed by atoms with Gasteiger partial charge in [0.2, 0.25) is 0 Å². The zero-order chi connectivity index (χ0) is 23.3. The first-order valence-electron chi connectivity index (χ1n) is 9.73. The number of benzene rings is 2. The first-order valence-corrected chi connectivity index (χ1v) is 10.1. The molecule has 1 heterocycles. The van der Waals surface area contributed by atoms with Gasteiger partial charge in [0.15, 0.2) is 6.61 Å². The number of carboxylic acids is 1. The van der Waals surface area contributed by atoms with E-state index in [0.717, 1.165) is 11.6 Å². The van der Waals surface area contributed by atoms with Crippen molar-refractivity contribution in [1.82, 2.24) is 0 Å². The molecule has 0 bridgehead atoms. The van der Waals surface area contributed by atoms with Crippen LogP contribution in [0.3, 0.4) is 0 Å². The Bertz CT molecular complexity index is 1030. The van der Waals surface area contributed by atoms with Crippen LogP contribution in [-0.2, 0) is 9.53 Å². The van der Waals surface area contributed by atoms with Crippen LogP contribution < -0.4 is 20.3 Å². The Kier molecular flexibility index (Phi) is 7.55. The van der Waals surface area contributed by atoms with Crippen LogP contribution in [0.25, 0.3) is 0 Å². The predicted octanol–water partition coefficient (Wildman–Crippen LogP) is 4.37. The summed E-state index contributed by atoms with van der Waals surface area (Å²) in [6.07, 6.45) is 0. The van der Waals surface area contributed by atoms with E-state index >= 15 is 0 Å². The monoisotopic (exact) mass is 463 g/mol. The van der Waals surface area contributed by atoms with Crippen molar-refractivity contribution < 1.29 is 28.6 Å². The molecule has 1 fully saturated rings. The fourth-order valence-corrected chi connectivity index (χ4v) is 3.23. The molecular formula is C22H23ClFN3O5. The second kappa shape index (κ2) is 10.3. The Morgan fingerprint density at radius 2 is 1.97 bits per heavy atom. The zero-order valence-corrected chi connectivity index (χ0v) is 18.1. The van der Waals surface area contributed by atoms with Gasteiger partial charge in [0.1, 0.15) is 11.6 Å². The molecule has 32 heavy (non-hydrogen) atoms. The largest absolute Gasteiger partial charge is 0.482 e. The van der Waals surface area contributed by atoms with E-state index in [1.807, 2.05) is 11.8 Å². The van der Waals surface area contributed by atoms with Crippen molar-refractivity contribution in [2.24, 2.45) is 0 Å². The predicted molar refractivity (Wildman–Crippen MR) is 120 cm³/mol. The van der Waals surface area contributed by atoms with Crippen molar-refractivity contribution in [2.45, 2.75) is 13.0 Å². The summed E-state index contributed by atoms with van der Waals surface area (Å²) in [6.45, 7) is 6.88. The van der Waals surface area contributed by atoms with E-state index in [1.54, 1.807) is 12.1 Å². The summed E-state index contributed by atoms with van der Waals surface area (Å²) >= 11 is 5.75. The molecule has 3 rings (SSSR count). The highest BCUT2D eigenvalue weighted by atomic mass is 35.5. The summed E-state index contributed by atoms with van der Waals surface area (Å²) < 4.78 is 24.6. The number of carbonyl (C=O) groups excluding carboxylic acids is 1. The highest BCUT2D eigenvalue weighted by Gasteiger charge is 2.28. The van der Waals surface area contributed by atoms with E-state index in [9.17, 15) is 14.0 Å². The number of ether oxygens (including phenoxy) is 2. The molecule has 3 N–H and O–H groups in total. The molecule has 2 amide bonds. The number of rotatable bonds is 9. The van der Waals surface area contributed by atoms with E-state index in [0.29, 0.717) is 31.1 Å². The van der Waals surface area contributed by atoms with Gasteiger partial charge in [-0.2, -0.15) is 0 Å². The summed E-state index contributed by atoms with van der Waals surface area (Å²) in [5.74, 6) is -1.55. The van der Waals surface area contributed by atoms with E-state index in [2.05, 4.69) is 17.2 Å². The Morgan fingerprint density at radius 1 is 1.25 bits per heavy atom. The minimum atomic E-state index is -1.13. The Labute approximate surface area is 189 Å². The van der Waals surface area contributed by atoms with Crippen LogP contribution in [0.1, 0.15) is 6.92 Å². The van der Waals surface area contributed by atoms with Crippen molar-refractivity contribution in [3.8, 4) is 5.75 Å². The molecule has 0 unspecified atom stereocenters. The Hall–Kier alpha value is -3.30. The van der Waals surface area contributed by atoms with Crippen LogP contribution in [0.4, 0.5) is 26.2 Å². The number of halogens is 2. The molecule has 0 radical (unpaired) electrons. The lowest BCUT2D eigenvalue weighted by molar-refractivity contribution is -0.139. The fourth-order valence-electron chi connectivity index (χ4n) is 3.07. The molecule has 0 aromatic heterocycles. The summed E-state index contributed by atoms with van der Waals surface area (Å²) in [7, 11) is 0. The summed E-state index contributed by atoms with van der Waals surface area (Å²) in [4.78, 5) is 25.5. The first-order chi connectivity index (χ1) is 15.2. The highest BCUT2D eigenvalue weighted by Crippen LogP contribution is 2.34. The second-order valence-electron chi connectivity index (χ2n) is 7.34. The average Bonchev–Trinajstić information content (AvgIpc) is 2.66. The number of amides is 2. The van der Waals surface area contributed by atoms with Crippen LogP contribution in [0.5, 0.6) is 5.75 Å². The van der Waals surface area contributed by atoms with E-state index in [1.165, 1.54) is 18.2 Å². The van der Waals surface area contributed by atoms with Gasteiger partial charge in [-0.25, -0.2) is 14.0 Å². The molecule has 1 aliphatic rings. The lowest BCUT2D eigenvalue weighted by Gasteiger charge is -2.40. The van der Waals surface area contributed by atoms with E-state index < -0.39 is 24.4 Å². The fraction of sp³-hybridized carbons (Fsp3) is 0.273. The van der Waals surface area contributed by atoms with Crippen molar-refractivity contribution in [3.63, 3.8) is 0 Å². The maximum atomic E-state index is 14.1. The summed E-state index contributed by atoms with van der Waals surface area (Å²) in [5.41, 5.74) is 1.88. The van der Waals surface area contributed by atoms with Gasteiger partial charge in [-0.15, -0.1) is 0 Å². The van der Waals surface area contributed by atoms with Gasteiger partial charge in [0, 0.05) is 17.6 Å². The molecular weight excluding hydrogens is 441 g/mol. The first kappa shape index (κ1) is 23.4. The second-order valence-corrected chi connectivity index (χ2v) is 7.78. The SMILES string of the molecule is C=C(C)CN(c1ccc(OCC(=O)O)cc1NC(=O)Nc1ccc(Cl)cc1F)C1COC1. The lowest BCUT2D eigenvalue weighted by atomic mass is 10.1. The number of hydrogen-bond donors (Lipinski definition) is 3. The number of nitrogens with zero attached hydrogens (tertiary/aromatic N) is 1. The minimum absolute atomic E-state index is 0.0436. The van der Waals surface area contributed by atoms with Crippen LogP contribution in [-0.4, -0.2) is 49.5 Å². The lowest BCUT2D eigenvalue weighted by Crippen LogP contribution is -2.50. The maximum Gasteiger partial charge on any atom is 0.341 e. The molecule has 0 saturated carbocycles. The quantitative estimate of drug-likeness (QED) is 0.477. The minimum Gasteiger partial charge on any atom is -0.482 e. The van der Waals surface area contributed by atoms with Crippen LogP contribution in [0, 0.1) is 5.82 Å². The van der Waals surface area contributed by atoms with Gasteiger partial charge in [-0.1, -0.05) is 23.8 Å². The van der Waals surface area contributed by atoms with E-state index in [-0.39, 0.29) is 22.5 Å². The molecule has 8 nitrogen and oxygen atoms in total. The molecule has 0 aliphatic carbocycles. The summed E-state index contributed by atoms with van der Waals surface area (Å²) in [6, 6.07) is 8.13. The third-order valence-electron chi connectivity index (χ3n) is 4.57. The molecule has 2 aromatic rings. The molecule has 0 atom stereocenters. The van der Waals surface area contributed by atoms with Gasteiger partial charge in [-0.05, 0) is 37.3 Å². The van der Waals surface area contributed by atoms with Gasteiger partial charge in [0.05, 0.1) is 36.3 Å². The topological polar surface area (TPSA) is 100 Å². The van der Waals surface area contributed by atoms with Crippen LogP contribution in [0.2, 0.25) is 5.02 Å². The molecule has 2 aromatic carbocycles. The van der Waals surface area contributed by atoms with Crippen molar-refractivity contribution in [3.05, 3.63) is 59.4 Å². The molecule has 10 heteroatoms. The number of urea groups is 1. The number of aliphatic carboxylic acids is 1. The van der Waals surface area contributed by atoms with Crippen LogP contribution >= 0.6 is 11.6 Å². The third-order valence-corrected chi connectivity index (χ3v) is 4.80. The van der Waals surface area contributed by atoms with Gasteiger partial charge in [0.25, 0.3) is 0 Å². The molecule has 1 saturated heterocycles. The molecule has 1 aliphatic heterocycles. The number of nitrogens with one attached hydrogen (secondary N) is 2. The Balaban J connectivity index is 1.88. The van der Waals surface area contributed by atoms with E-state index in [4.69, 9.17) is 26.2 Å². The number of carbonyl (C=O) groups is 2. The van der Waals surface area contributed by atoms with Crippen LogP contribution in [0.15, 0.2) is 48.6 Å². The van der Waals surface area contributed by atoms with Gasteiger partial charge >= 0.3 is 12.0 Å². The Morgan fingerprint density at radius 3 is 2.56 bits per heavy atom. The maximum absolute atomic E-state index is 14.1. The smallest absolute Gasteiger partial charge is 0.341 e. The van der Waals surface area contributed by atoms with Gasteiger partial charge < -0.3 is 30.1 Å². The van der Waals surface area contributed by atoms with Gasteiger partial charge in [-0.3, -0.25) is 0 Å². The molecule has 170 valence electrons. The highest BCUT2D eigenvalue weighted by molar-refractivity contribution is 6.30.